The van der Waals surface area contributed by atoms with Gasteiger partial charge in [-0.3, -0.25) is 0 Å². The van der Waals surface area contributed by atoms with Gasteiger partial charge in [-0.15, -0.1) is 0 Å². The van der Waals surface area contributed by atoms with Gasteiger partial charge >= 0.3 is 0 Å². The summed E-state index contributed by atoms with van der Waals surface area (Å²) in [6.07, 6.45) is 1.51. The van der Waals surface area contributed by atoms with Crippen LogP contribution in [0.25, 0.3) is 0 Å². The summed E-state index contributed by atoms with van der Waals surface area (Å²) in [5.41, 5.74) is 0.942. The van der Waals surface area contributed by atoms with Crippen LogP contribution in [0.4, 0.5) is 0 Å². The Bertz CT molecular complexity index is 614. The van der Waals surface area contributed by atoms with Gasteiger partial charge in [-0.05, 0) is 37.6 Å². The van der Waals surface area contributed by atoms with Crippen LogP contribution < -0.4 is 14.8 Å². The zero-order valence-corrected chi connectivity index (χ0v) is 13.0. The van der Waals surface area contributed by atoms with Gasteiger partial charge in [0.25, 0.3) is 0 Å². The lowest BCUT2D eigenvalue weighted by molar-refractivity contribution is 0.297. The molecule has 2 aliphatic heterocycles. The summed E-state index contributed by atoms with van der Waals surface area (Å²) in [5.74, 6) is 1.58. The van der Waals surface area contributed by atoms with Crippen LogP contribution in [-0.2, 0) is 9.84 Å². The fourth-order valence-corrected chi connectivity index (χ4v) is 4.29. The first kappa shape index (κ1) is 14.7. The van der Waals surface area contributed by atoms with E-state index in [1.807, 2.05) is 18.2 Å². The van der Waals surface area contributed by atoms with Crippen LogP contribution in [0.5, 0.6) is 11.5 Å². The van der Waals surface area contributed by atoms with E-state index < -0.39 is 9.84 Å². The molecule has 0 aliphatic carbocycles. The summed E-state index contributed by atoms with van der Waals surface area (Å²) in [7, 11) is -3.06. The second-order valence-electron chi connectivity index (χ2n) is 5.69. The Kier molecular flexibility index (Phi) is 4.08. The summed E-state index contributed by atoms with van der Waals surface area (Å²) in [6.45, 7) is 3.77. The van der Waals surface area contributed by atoms with Crippen molar-refractivity contribution in [3.8, 4) is 11.5 Å². The standard InChI is InChI=1S/C15H21NO4S/c1-11-5-6-16-13(10-21(11,17)18)12-3-4-14-15(9-12)20-8-2-7-19-14/h3-4,9,11,13,16H,2,5-8,10H2,1H3. The maximum absolute atomic E-state index is 12.2. The van der Waals surface area contributed by atoms with Crippen molar-refractivity contribution in [3.05, 3.63) is 23.8 Å². The van der Waals surface area contributed by atoms with Gasteiger partial charge < -0.3 is 14.8 Å². The fourth-order valence-electron chi connectivity index (χ4n) is 2.71. The average molecular weight is 311 g/mol. The average Bonchev–Trinajstić information content (AvgIpc) is 2.76. The highest BCUT2D eigenvalue weighted by Gasteiger charge is 2.29. The maximum atomic E-state index is 12.2. The molecule has 6 heteroatoms. The zero-order valence-electron chi connectivity index (χ0n) is 12.2. The monoisotopic (exact) mass is 311 g/mol. The largest absolute Gasteiger partial charge is 0.490 e. The molecule has 1 aromatic carbocycles. The lowest BCUT2D eigenvalue weighted by Crippen LogP contribution is -2.26. The lowest BCUT2D eigenvalue weighted by Gasteiger charge is -2.18. The molecule has 0 amide bonds. The minimum absolute atomic E-state index is 0.133. The topological polar surface area (TPSA) is 64.6 Å². The molecule has 0 spiro atoms. The van der Waals surface area contributed by atoms with Crippen molar-refractivity contribution in [2.24, 2.45) is 0 Å². The molecular weight excluding hydrogens is 290 g/mol. The predicted octanol–water partition coefficient (Wildman–Crippen LogP) is 1.69. The number of nitrogens with one attached hydrogen (secondary N) is 1. The second kappa shape index (κ2) is 5.85. The van der Waals surface area contributed by atoms with Crippen LogP contribution in [0.1, 0.15) is 31.4 Å². The van der Waals surface area contributed by atoms with Gasteiger partial charge in [-0.2, -0.15) is 0 Å². The minimum Gasteiger partial charge on any atom is -0.490 e. The molecule has 2 aliphatic rings. The number of benzene rings is 1. The molecule has 0 bridgehead atoms. The van der Waals surface area contributed by atoms with Crippen LogP contribution in [0.2, 0.25) is 0 Å². The summed E-state index contributed by atoms with van der Waals surface area (Å²) in [6, 6.07) is 5.52. The van der Waals surface area contributed by atoms with Crippen molar-refractivity contribution >= 4 is 9.84 Å². The van der Waals surface area contributed by atoms with E-state index in [1.165, 1.54) is 0 Å². The van der Waals surface area contributed by atoms with Crippen molar-refractivity contribution in [2.45, 2.75) is 31.1 Å². The molecular formula is C15H21NO4S. The van der Waals surface area contributed by atoms with Gasteiger partial charge in [0.15, 0.2) is 21.3 Å². The Morgan fingerprint density at radius 2 is 1.95 bits per heavy atom. The first-order chi connectivity index (χ1) is 10.1. The van der Waals surface area contributed by atoms with E-state index in [0.717, 1.165) is 17.7 Å². The van der Waals surface area contributed by atoms with Crippen LogP contribution in [0, 0.1) is 0 Å². The van der Waals surface area contributed by atoms with E-state index in [2.05, 4.69) is 5.32 Å². The van der Waals surface area contributed by atoms with E-state index in [4.69, 9.17) is 9.47 Å². The third-order valence-electron chi connectivity index (χ3n) is 4.13. The van der Waals surface area contributed by atoms with Gasteiger partial charge in [0.05, 0.1) is 24.2 Å². The van der Waals surface area contributed by atoms with E-state index >= 15 is 0 Å². The number of fused-ring (bicyclic) bond motifs is 1. The predicted molar refractivity (Wildman–Crippen MR) is 80.7 cm³/mol. The van der Waals surface area contributed by atoms with Crippen LogP contribution in [-0.4, -0.2) is 39.2 Å². The minimum atomic E-state index is -3.06. The van der Waals surface area contributed by atoms with Crippen molar-refractivity contribution in [3.63, 3.8) is 0 Å². The normalized spacial score (nSPS) is 28.4. The van der Waals surface area contributed by atoms with E-state index in [-0.39, 0.29) is 17.0 Å². The first-order valence-electron chi connectivity index (χ1n) is 7.41. The van der Waals surface area contributed by atoms with Gasteiger partial charge in [0.1, 0.15) is 0 Å². The Balaban J connectivity index is 1.88. The number of hydrogen-bond acceptors (Lipinski definition) is 5. The van der Waals surface area contributed by atoms with Crippen molar-refractivity contribution in [1.29, 1.82) is 0 Å². The summed E-state index contributed by atoms with van der Waals surface area (Å²) < 4.78 is 35.8. The molecule has 116 valence electrons. The Hall–Kier alpha value is -1.27. The molecule has 0 aromatic heterocycles. The second-order valence-corrected chi connectivity index (χ2v) is 8.16. The highest BCUT2D eigenvalue weighted by molar-refractivity contribution is 7.92. The van der Waals surface area contributed by atoms with Crippen LogP contribution >= 0.6 is 0 Å². The van der Waals surface area contributed by atoms with Crippen molar-refractivity contribution in [2.75, 3.05) is 25.5 Å². The molecule has 1 saturated heterocycles. The quantitative estimate of drug-likeness (QED) is 0.855. The van der Waals surface area contributed by atoms with Gasteiger partial charge in [0.2, 0.25) is 0 Å². The van der Waals surface area contributed by atoms with E-state index in [9.17, 15) is 8.42 Å². The Morgan fingerprint density at radius 1 is 1.19 bits per heavy atom. The van der Waals surface area contributed by atoms with Gasteiger partial charge in [0, 0.05) is 12.5 Å². The van der Waals surface area contributed by atoms with Crippen molar-refractivity contribution < 1.29 is 17.9 Å². The van der Waals surface area contributed by atoms with E-state index in [0.29, 0.717) is 31.9 Å². The molecule has 0 radical (unpaired) electrons. The zero-order chi connectivity index (χ0) is 14.9. The number of rotatable bonds is 1. The number of ether oxygens (including phenoxy) is 2. The molecule has 1 N–H and O–H groups in total. The Labute approximate surface area is 125 Å². The van der Waals surface area contributed by atoms with E-state index in [1.54, 1.807) is 6.92 Å². The fraction of sp³-hybridized carbons (Fsp3) is 0.600. The van der Waals surface area contributed by atoms with Crippen LogP contribution in [0.15, 0.2) is 18.2 Å². The number of sulfone groups is 1. The molecule has 3 rings (SSSR count). The summed E-state index contributed by atoms with van der Waals surface area (Å²) in [5, 5.41) is 3.05. The van der Waals surface area contributed by atoms with Crippen molar-refractivity contribution in [1.82, 2.24) is 5.32 Å². The molecule has 5 nitrogen and oxygen atoms in total. The number of hydrogen-bond donors (Lipinski definition) is 1. The summed E-state index contributed by atoms with van der Waals surface area (Å²) in [4.78, 5) is 0. The molecule has 0 saturated carbocycles. The SMILES string of the molecule is CC1CCNC(c2ccc3c(c2)OCCCO3)CS1(=O)=O. The highest BCUT2D eigenvalue weighted by Crippen LogP contribution is 2.33. The first-order valence-corrected chi connectivity index (χ1v) is 9.12. The Morgan fingerprint density at radius 3 is 2.76 bits per heavy atom. The molecule has 2 atom stereocenters. The molecule has 1 aromatic rings. The highest BCUT2D eigenvalue weighted by atomic mass is 32.2. The van der Waals surface area contributed by atoms with Gasteiger partial charge in [-0.25, -0.2) is 8.42 Å². The molecule has 2 heterocycles. The molecule has 21 heavy (non-hydrogen) atoms. The van der Waals surface area contributed by atoms with Gasteiger partial charge in [-0.1, -0.05) is 6.07 Å². The third kappa shape index (κ3) is 3.16. The van der Waals surface area contributed by atoms with Crippen LogP contribution in [0.3, 0.4) is 0 Å². The maximum Gasteiger partial charge on any atom is 0.161 e. The molecule has 2 unspecified atom stereocenters. The molecule has 1 fully saturated rings. The lowest BCUT2D eigenvalue weighted by atomic mass is 10.1. The smallest absolute Gasteiger partial charge is 0.161 e. The summed E-state index contributed by atoms with van der Waals surface area (Å²) >= 11 is 0. The third-order valence-corrected chi connectivity index (χ3v) is 6.39.